The second-order valence-corrected chi connectivity index (χ2v) is 6.68. The fraction of sp³-hybridized carbons (Fsp3) is 0.350. The van der Waals surface area contributed by atoms with Crippen molar-refractivity contribution in [2.24, 2.45) is 0 Å². The van der Waals surface area contributed by atoms with Gasteiger partial charge >= 0.3 is 0 Å². The smallest absolute Gasteiger partial charge is 0.258 e. The van der Waals surface area contributed by atoms with Crippen molar-refractivity contribution < 1.29 is 10.1 Å². The molecule has 2 aliphatic heterocycles. The van der Waals surface area contributed by atoms with Gasteiger partial charge in [-0.3, -0.25) is 16.1 Å². The van der Waals surface area contributed by atoms with Crippen LogP contribution in [0.15, 0.2) is 41.0 Å². The van der Waals surface area contributed by atoms with E-state index in [1.807, 2.05) is 37.1 Å². The van der Waals surface area contributed by atoms with Crippen molar-refractivity contribution in [2.75, 3.05) is 13.1 Å². The van der Waals surface area contributed by atoms with E-state index >= 15 is 0 Å². The number of nitrogens with one attached hydrogen (secondary N) is 2. The van der Waals surface area contributed by atoms with Crippen LogP contribution in [0.25, 0.3) is 5.41 Å². The van der Waals surface area contributed by atoms with Gasteiger partial charge in [-0.2, -0.15) is 0 Å². The number of piperidine rings is 1. The summed E-state index contributed by atoms with van der Waals surface area (Å²) < 4.78 is 5.18. The van der Waals surface area contributed by atoms with Crippen LogP contribution in [-0.2, 0) is 0 Å². The molecule has 2 aliphatic rings. The zero-order valence-electron chi connectivity index (χ0n) is 15.3. The van der Waals surface area contributed by atoms with Crippen LogP contribution in [0, 0.1) is 12.3 Å². The van der Waals surface area contributed by atoms with Crippen LogP contribution in [0.5, 0.6) is 5.88 Å². The van der Waals surface area contributed by atoms with Crippen LogP contribution in [-0.4, -0.2) is 34.8 Å². The number of aryl methyl sites for hydroxylation is 1. The Morgan fingerprint density at radius 1 is 1.26 bits per heavy atom. The van der Waals surface area contributed by atoms with Gasteiger partial charge in [-0.1, -0.05) is 29.8 Å². The molecule has 1 atom stereocenters. The quantitative estimate of drug-likeness (QED) is 0.664. The van der Waals surface area contributed by atoms with E-state index in [-0.39, 0.29) is 28.5 Å². The minimum absolute atomic E-state index is 0.0772. The SMILES string of the molecule is C1CC[NH2+]CC1.Cc1ccc(C2C(=C=[N-])C(=N)Oc3nc[nH]c(=O)c32)cc1. The molecule has 4 rings (SSSR count). The molecule has 140 valence electrons. The summed E-state index contributed by atoms with van der Waals surface area (Å²) in [7, 11) is 0. The van der Waals surface area contributed by atoms with Gasteiger partial charge in [0.2, 0.25) is 11.8 Å². The van der Waals surface area contributed by atoms with Crippen molar-refractivity contribution in [3.8, 4) is 5.88 Å². The Bertz CT molecular complexity index is 911. The van der Waals surface area contributed by atoms with E-state index in [2.05, 4.69) is 15.3 Å². The van der Waals surface area contributed by atoms with E-state index in [9.17, 15) is 10.2 Å². The third-order valence-corrected chi connectivity index (χ3v) is 4.72. The zero-order valence-corrected chi connectivity index (χ0v) is 15.3. The van der Waals surface area contributed by atoms with Crippen LogP contribution < -0.4 is 15.6 Å². The van der Waals surface area contributed by atoms with Crippen LogP contribution in [0.4, 0.5) is 0 Å². The highest BCUT2D eigenvalue weighted by atomic mass is 16.5. The monoisotopic (exact) mass is 365 g/mol. The number of aromatic amines is 1. The lowest BCUT2D eigenvalue weighted by molar-refractivity contribution is -0.662. The Balaban J connectivity index is 0.000000299. The lowest BCUT2D eigenvalue weighted by Gasteiger charge is -2.26. The zero-order chi connectivity index (χ0) is 19.2. The largest absolute Gasteiger partial charge is 0.763 e. The molecule has 1 saturated heterocycles. The van der Waals surface area contributed by atoms with Gasteiger partial charge < -0.3 is 20.4 Å². The number of hydrogen-bond donors (Lipinski definition) is 3. The highest BCUT2D eigenvalue weighted by Crippen LogP contribution is 2.37. The Kier molecular flexibility index (Phi) is 5.96. The molecule has 1 fully saturated rings. The summed E-state index contributed by atoms with van der Waals surface area (Å²) in [5, 5.41) is 19.6. The maximum absolute atomic E-state index is 12.1. The number of quaternary nitrogens is 1. The first kappa shape index (κ1) is 18.8. The third kappa shape index (κ3) is 4.22. The van der Waals surface area contributed by atoms with Gasteiger partial charge in [0.15, 0.2) is 0 Å². The molecule has 0 radical (unpaired) electrons. The number of aromatic nitrogens is 2. The Labute approximate surface area is 157 Å². The van der Waals surface area contributed by atoms with Crippen LogP contribution in [0.1, 0.15) is 41.9 Å². The molecule has 1 aromatic heterocycles. The summed E-state index contributed by atoms with van der Waals surface area (Å²) in [5.74, 6) is 1.14. The van der Waals surface area contributed by atoms with Gasteiger partial charge in [-0.25, -0.2) is 4.98 Å². The normalized spacial score (nSPS) is 18.5. The van der Waals surface area contributed by atoms with E-state index < -0.39 is 5.92 Å². The molecule has 0 spiro atoms. The molecule has 0 aliphatic carbocycles. The van der Waals surface area contributed by atoms with Crippen LogP contribution in [0.3, 0.4) is 0 Å². The van der Waals surface area contributed by atoms with E-state index in [4.69, 9.17) is 10.1 Å². The minimum Gasteiger partial charge on any atom is -0.763 e. The fourth-order valence-corrected chi connectivity index (χ4v) is 3.26. The van der Waals surface area contributed by atoms with E-state index in [1.54, 1.807) is 0 Å². The van der Waals surface area contributed by atoms with Crippen molar-refractivity contribution in [3.05, 3.63) is 68.6 Å². The number of nitrogens with zero attached hydrogens (tertiary/aromatic N) is 2. The predicted octanol–water partition coefficient (Wildman–Crippen LogP) is 1.48. The second-order valence-electron chi connectivity index (χ2n) is 6.68. The number of H-pyrrole nitrogens is 1. The first-order valence-electron chi connectivity index (χ1n) is 9.11. The fourth-order valence-electron chi connectivity index (χ4n) is 3.26. The summed E-state index contributed by atoms with van der Waals surface area (Å²) in [6.45, 7) is 4.70. The molecule has 7 heteroatoms. The highest BCUT2D eigenvalue weighted by Gasteiger charge is 2.34. The number of ether oxygens (including phenoxy) is 1. The molecule has 27 heavy (non-hydrogen) atoms. The van der Waals surface area contributed by atoms with Crippen LogP contribution >= 0.6 is 0 Å². The molecule has 4 N–H and O–H groups in total. The topological polar surface area (TPSA) is 118 Å². The Morgan fingerprint density at radius 2 is 1.96 bits per heavy atom. The minimum atomic E-state index is -0.635. The van der Waals surface area contributed by atoms with Crippen molar-refractivity contribution in [2.45, 2.75) is 32.1 Å². The van der Waals surface area contributed by atoms with Gasteiger partial charge in [0.25, 0.3) is 5.56 Å². The summed E-state index contributed by atoms with van der Waals surface area (Å²) >= 11 is 0. The first-order chi connectivity index (χ1) is 13.1. The average Bonchev–Trinajstić information content (AvgIpc) is 2.70. The van der Waals surface area contributed by atoms with E-state index in [0.717, 1.165) is 11.1 Å². The number of rotatable bonds is 1. The standard InChI is InChI=1S/C15H11N4O2.C5H11N/c1-8-2-4-9(5-3-8)11-10(6-16)13(17)21-15-12(11)14(20)18-7-19-15;1-2-4-6-5-3-1/h2-5,7,11,17H,1H3,(H,18,19,20);6H,1-5H2/q-1;/p+1. The molecular weight excluding hydrogens is 342 g/mol. The van der Waals surface area contributed by atoms with Gasteiger partial charge in [0.05, 0.1) is 30.9 Å². The molecule has 2 aromatic rings. The molecule has 0 amide bonds. The molecule has 1 aromatic carbocycles. The maximum atomic E-state index is 12.1. The van der Waals surface area contributed by atoms with Crippen molar-refractivity contribution in [1.29, 1.82) is 5.41 Å². The van der Waals surface area contributed by atoms with Crippen molar-refractivity contribution in [3.63, 3.8) is 0 Å². The van der Waals surface area contributed by atoms with Crippen LogP contribution in [0.2, 0.25) is 0 Å². The van der Waals surface area contributed by atoms with Gasteiger partial charge in [0, 0.05) is 5.57 Å². The predicted molar refractivity (Wildman–Crippen MR) is 104 cm³/mol. The third-order valence-electron chi connectivity index (χ3n) is 4.72. The Hall–Kier alpha value is -3.02. The molecule has 0 bridgehead atoms. The van der Waals surface area contributed by atoms with Crippen molar-refractivity contribution >= 4 is 11.8 Å². The molecular formula is C20H23N5O2. The van der Waals surface area contributed by atoms with E-state index in [0.29, 0.717) is 0 Å². The molecule has 0 saturated carbocycles. The lowest BCUT2D eigenvalue weighted by atomic mass is 9.84. The maximum Gasteiger partial charge on any atom is 0.258 e. The van der Waals surface area contributed by atoms with Gasteiger partial charge in [0.1, 0.15) is 0 Å². The lowest BCUT2D eigenvalue weighted by Crippen LogP contribution is -2.85. The summed E-state index contributed by atoms with van der Waals surface area (Å²) in [6, 6.07) is 7.47. The van der Waals surface area contributed by atoms with Gasteiger partial charge in [-0.05, 0) is 31.7 Å². The average molecular weight is 365 g/mol. The van der Waals surface area contributed by atoms with Gasteiger partial charge in [-0.15, -0.1) is 0 Å². The van der Waals surface area contributed by atoms with Crippen molar-refractivity contribution in [1.82, 2.24) is 9.97 Å². The summed E-state index contributed by atoms with van der Waals surface area (Å²) in [6.07, 6.45) is 5.58. The highest BCUT2D eigenvalue weighted by molar-refractivity contribution is 6.05. The molecule has 7 nitrogen and oxygen atoms in total. The number of hydrogen-bond acceptors (Lipinski definition) is 4. The number of benzene rings is 1. The second kappa shape index (κ2) is 8.58. The molecule has 1 unspecified atom stereocenters. The number of fused-ring (bicyclic) bond motifs is 1. The first-order valence-corrected chi connectivity index (χ1v) is 9.11. The summed E-state index contributed by atoms with van der Waals surface area (Å²) in [5.41, 5.74) is 1.81. The van der Waals surface area contributed by atoms with E-state index in [1.165, 1.54) is 38.7 Å². The molecule has 3 heterocycles. The number of nitrogens with two attached hydrogens (primary N) is 1. The summed E-state index contributed by atoms with van der Waals surface area (Å²) in [4.78, 5) is 18.6. The Morgan fingerprint density at radius 3 is 2.52 bits per heavy atom.